The zero-order chi connectivity index (χ0) is 22.3. The highest BCUT2D eigenvalue weighted by molar-refractivity contribution is 7.07. The molecule has 4 rings (SSSR count). The molecule has 6 nitrogen and oxygen atoms in total. The number of nitrogens with zero attached hydrogens (tertiary/aromatic N) is 3. The van der Waals surface area contributed by atoms with Crippen LogP contribution in [-0.2, 0) is 6.42 Å². The first-order valence-electron chi connectivity index (χ1n) is 10.2. The molecule has 32 heavy (non-hydrogen) atoms. The SMILES string of the molecule is N#Cc1cccc(-c2ccc(OC[C@@H](CCc3cccnc3)n3c(O)csc3=O)cc2)c1. The Morgan fingerprint density at radius 1 is 1.12 bits per heavy atom. The van der Waals surface area contributed by atoms with Crippen LogP contribution in [0, 0.1) is 11.3 Å². The lowest BCUT2D eigenvalue weighted by Crippen LogP contribution is -2.25. The van der Waals surface area contributed by atoms with Crippen molar-refractivity contribution in [1.82, 2.24) is 9.55 Å². The molecule has 0 aliphatic heterocycles. The number of nitriles is 1. The van der Waals surface area contributed by atoms with Gasteiger partial charge < -0.3 is 9.84 Å². The van der Waals surface area contributed by atoms with Crippen molar-refractivity contribution in [3.8, 4) is 28.8 Å². The van der Waals surface area contributed by atoms with Gasteiger partial charge in [-0.2, -0.15) is 5.26 Å². The van der Waals surface area contributed by atoms with Gasteiger partial charge in [-0.3, -0.25) is 14.3 Å². The molecule has 160 valence electrons. The van der Waals surface area contributed by atoms with E-state index in [4.69, 9.17) is 10.00 Å². The van der Waals surface area contributed by atoms with E-state index in [0.717, 1.165) is 28.0 Å². The Hall–Kier alpha value is -3.89. The Morgan fingerprint density at radius 3 is 2.66 bits per heavy atom. The number of ether oxygens (including phenoxy) is 1. The van der Waals surface area contributed by atoms with E-state index in [-0.39, 0.29) is 23.4 Å². The first kappa shape index (κ1) is 21.3. The minimum absolute atomic E-state index is 0.0486. The van der Waals surface area contributed by atoms with Crippen LogP contribution in [0.15, 0.2) is 83.2 Å². The summed E-state index contributed by atoms with van der Waals surface area (Å²) < 4.78 is 7.38. The van der Waals surface area contributed by atoms with Crippen molar-refractivity contribution >= 4 is 11.3 Å². The molecule has 0 aliphatic rings. The maximum absolute atomic E-state index is 12.3. The third-order valence-corrected chi connectivity index (χ3v) is 5.91. The van der Waals surface area contributed by atoms with Crippen molar-refractivity contribution in [2.24, 2.45) is 0 Å². The normalized spacial score (nSPS) is 11.6. The predicted octanol–water partition coefficient (Wildman–Crippen LogP) is 4.80. The lowest BCUT2D eigenvalue weighted by Gasteiger charge is -2.19. The monoisotopic (exact) mass is 443 g/mol. The van der Waals surface area contributed by atoms with Crippen LogP contribution in [0.1, 0.15) is 23.6 Å². The van der Waals surface area contributed by atoms with Crippen LogP contribution in [0.5, 0.6) is 11.6 Å². The van der Waals surface area contributed by atoms with Gasteiger partial charge in [0.05, 0.1) is 23.1 Å². The summed E-state index contributed by atoms with van der Waals surface area (Å²) in [5, 5.41) is 20.7. The van der Waals surface area contributed by atoms with Crippen LogP contribution < -0.4 is 9.61 Å². The highest BCUT2D eigenvalue weighted by Crippen LogP contribution is 2.26. The number of thiazole rings is 1. The number of pyridine rings is 1. The molecule has 2 aromatic carbocycles. The van der Waals surface area contributed by atoms with Crippen LogP contribution in [0.25, 0.3) is 11.1 Å². The summed E-state index contributed by atoms with van der Waals surface area (Å²) in [5.41, 5.74) is 3.61. The smallest absolute Gasteiger partial charge is 0.310 e. The van der Waals surface area contributed by atoms with Crippen molar-refractivity contribution in [1.29, 1.82) is 5.26 Å². The second kappa shape index (κ2) is 9.94. The molecule has 0 saturated heterocycles. The first-order valence-corrected chi connectivity index (χ1v) is 11.0. The first-order chi connectivity index (χ1) is 15.6. The summed E-state index contributed by atoms with van der Waals surface area (Å²) in [5.74, 6) is 0.617. The molecule has 0 aliphatic carbocycles. The van der Waals surface area contributed by atoms with E-state index >= 15 is 0 Å². The molecule has 7 heteroatoms. The Labute approximate surface area is 189 Å². The van der Waals surface area contributed by atoms with Gasteiger partial charge in [0, 0.05) is 12.4 Å². The fourth-order valence-electron chi connectivity index (χ4n) is 3.52. The Balaban J connectivity index is 1.47. The maximum Gasteiger partial charge on any atom is 0.310 e. The minimum Gasteiger partial charge on any atom is -0.494 e. The van der Waals surface area contributed by atoms with E-state index in [2.05, 4.69) is 11.1 Å². The molecule has 2 aromatic heterocycles. The van der Waals surface area contributed by atoms with Gasteiger partial charge in [-0.15, -0.1) is 0 Å². The zero-order valence-corrected chi connectivity index (χ0v) is 18.0. The zero-order valence-electron chi connectivity index (χ0n) is 17.2. The summed E-state index contributed by atoms with van der Waals surface area (Å²) in [4.78, 5) is 16.2. The van der Waals surface area contributed by atoms with E-state index in [1.165, 1.54) is 9.95 Å². The average Bonchev–Trinajstić information content (AvgIpc) is 3.18. The van der Waals surface area contributed by atoms with Crippen LogP contribution in [-0.4, -0.2) is 21.3 Å². The molecule has 0 saturated carbocycles. The third-order valence-electron chi connectivity index (χ3n) is 5.18. The second-order valence-electron chi connectivity index (χ2n) is 7.31. The Kier molecular flexibility index (Phi) is 6.63. The van der Waals surface area contributed by atoms with Crippen LogP contribution in [0.3, 0.4) is 0 Å². The number of rotatable bonds is 8. The summed E-state index contributed by atoms with van der Waals surface area (Å²) in [7, 11) is 0. The summed E-state index contributed by atoms with van der Waals surface area (Å²) in [6.07, 6.45) is 4.85. The van der Waals surface area contributed by atoms with Gasteiger partial charge in [-0.1, -0.05) is 41.7 Å². The molecule has 0 unspecified atom stereocenters. The van der Waals surface area contributed by atoms with Crippen molar-refractivity contribution in [3.63, 3.8) is 0 Å². The third kappa shape index (κ3) is 5.05. The number of aromatic nitrogens is 2. The van der Waals surface area contributed by atoms with Gasteiger partial charge in [0.25, 0.3) is 0 Å². The predicted molar refractivity (Wildman–Crippen MR) is 124 cm³/mol. The van der Waals surface area contributed by atoms with Gasteiger partial charge in [0.2, 0.25) is 5.88 Å². The van der Waals surface area contributed by atoms with Crippen molar-refractivity contribution in [2.75, 3.05) is 6.61 Å². The topological polar surface area (TPSA) is 88.1 Å². The lowest BCUT2D eigenvalue weighted by atomic mass is 10.0. The fourth-order valence-corrected chi connectivity index (χ4v) is 4.19. The van der Waals surface area contributed by atoms with Crippen molar-refractivity contribution < 1.29 is 9.84 Å². The largest absolute Gasteiger partial charge is 0.494 e. The molecular formula is C25H21N3O3S. The van der Waals surface area contributed by atoms with Gasteiger partial charge in [-0.25, -0.2) is 0 Å². The Morgan fingerprint density at radius 2 is 1.97 bits per heavy atom. The van der Waals surface area contributed by atoms with E-state index in [1.807, 2.05) is 54.6 Å². The molecule has 0 fully saturated rings. The summed E-state index contributed by atoms with van der Waals surface area (Å²) in [6, 6.07) is 20.7. The summed E-state index contributed by atoms with van der Waals surface area (Å²) >= 11 is 0.972. The van der Waals surface area contributed by atoms with Crippen LogP contribution in [0.4, 0.5) is 0 Å². The van der Waals surface area contributed by atoms with Gasteiger partial charge >= 0.3 is 4.87 Å². The number of benzene rings is 2. The number of hydrogen-bond donors (Lipinski definition) is 1. The molecule has 0 amide bonds. The average molecular weight is 444 g/mol. The van der Waals surface area contributed by atoms with Gasteiger partial charge in [0.1, 0.15) is 12.4 Å². The summed E-state index contributed by atoms with van der Waals surface area (Å²) in [6.45, 7) is 0.244. The standard InChI is InChI=1S/C25H21N3O3S/c26-14-19-3-1-5-21(13-19)20-7-10-23(11-8-20)31-16-22(28-24(29)17-32-25(28)30)9-6-18-4-2-12-27-15-18/h1-5,7-8,10-13,15,17,22,29H,6,9,16H2/t22-/m1/s1. The van der Waals surface area contributed by atoms with Crippen molar-refractivity contribution in [3.05, 3.63) is 99.2 Å². The second-order valence-corrected chi connectivity index (χ2v) is 8.13. The maximum atomic E-state index is 12.3. The number of aryl methyl sites for hydroxylation is 1. The Bertz CT molecular complexity index is 1270. The van der Waals surface area contributed by atoms with Crippen LogP contribution >= 0.6 is 11.3 Å². The van der Waals surface area contributed by atoms with Crippen LogP contribution in [0.2, 0.25) is 0 Å². The number of hydrogen-bond acceptors (Lipinski definition) is 6. The molecule has 1 atom stereocenters. The van der Waals surface area contributed by atoms with E-state index in [1.54, 1.807) is 18.5 Å². The highest BCUT2D eigenvalue weighted by Gasteiger charge is 2.19. The molecule has 0 radical (unpaired) electrons. The quantitative estimate of drug-likeness (QED) is 0.423. The molecule has 0 spiro atoms. The lowest BCUT2D eigenvalue weighted by molar-refractivity contribution is 0.228. The minimum atomic E-state index is -0.319. The number of aromatic hydroxyl groups is 1. The van der Waals surface area contributed by atoms with Gasteiger partial charge in [0.15, 0.2) is 0 Å². The molecule has 2 heterocycles. The molecule has 1 N–H and O–H groups in total. The van der Waals surface area contributed by atoms with E-state index in [0.29, 0.717) is 24.2 Å². The van der Waals surface area contributed by atoms with E-state index < -0.39 is 0 Å². The molecular weight excluding hydrogens is 422 g/mol. The molecule has 0 bridgehead atoms. The van der Waals surface area contributed by atoms with Gasteiger partial charge in [-0.05, 0) is 59.9 Å². The van der Waals surface area contributed by atoms with E-state index in [9.17, 15) is 9.90 Å². The molecule has 4 aromatic rings. The fraction of sp³-hybridized carbons (Fsp3) is 0.160. The van der Waals surface area contributed by atoms with Crippen molar-refractivity contribution in [2.45, 2.75) is 18.9 Å². The highest BCUT2D eigenvalue weighted by atomic mass is 32.1.